The minimum atomic E-state index is 0.00958. The number of carbonyl (C=O) groups is 2. The van der Waals surface area contributed by atoms with E-state index in [-0.39, 0.29) is 23.8 Å². The molecule has 0 radical (unpaired) electrons. The molecule has 1 N–H and O–H groups in total. The Labute approximate surface area is 142 Å². The van der Waals surface area contributed by atoms with Crippen LogP contribution in [0.1, 0.15) is 31.4 Å². The Balaban J connectivity index is 1.56. The van der Waals surface area contributed by atoms with E-state index in [1.165, 1.54) is 0 Å². The molecule has 1 aromatic rings. The number of nitrogens with zero attached hydrogens (tertiary/aromatic N) is 4. The van der Waals surface area contributed by atoms with Crippen molar-refractivity contribution in [2.75, 3.05) is 32.8 Å². The maximum Gasteiger partial charge on any atom is 0.244 e. The summed E-state index contributed by atoms with van der Waals surface area (Å²) in [7, 11) is 0. The van der Waals surface area contributed by atoms with Crippen molar-refractivity contribution in [3.8, 4) is 0 Å². The van der Waals surface area contributed by atoms with Crippen LogP contribution in [-0.4, -0.2) is 69.3 Å². The van der Waals surface area contributed by atoms with Gasteiger partial charge in [-0.15, -0.1) is 0 Å². The van der Waals surface area contributed by atoms with Crippen molar-refractivity contribution in [2.45, 2.75) is 39.2 Å². The van der Waals surface area contributed by atoms with E-state index in [4.69, 9.17) is 5.11 Å². The van der Waals surface area contributed by atoms with Gasteiger partial charge >= 0.3 is 0 Å². The highest BCUT2D eigenvalue weighted by Crippen LogP contribution is 2.40. The first-order valence-corrected chi connectivity index (χ1v) is 8.68. The van der Waals surface area contributed by atoms with Crippen molar-refractivity contribution in [1.82, 2.24) is 19.6 Å². The zero-order chi connectivity index (χ0) is 17.2. The molecule has 24 heavy (non-hydrogen) atoms. The van der Waals surface area contributed by atoms with Crippen LogP contribution in [0.5, 0.6) is 0 Å². The number of piperidine rings is 2. The molecule has 0 aromatic carbocycles. The molecular formula is C17H26N4O3. The molecule has 3 heterocycles. The average Bonchev–Trinajstić information content (AvgIpc) is 2.97. The summed E-state index contributed by atoms with van der Waals surface area (Å²) in [6.45, 7) is 4.85. The van der Waals surface area contributed by atoms with Crippen LogP contribution < -0.4 is 0 Å². The van der Waals surface area contributed by atoms with Gasteiger partial charge in [-0.1, -0.05) is 0 Å². The SMILES string of the molecule is Cc1ccnn1CC(=O)N1CCC2(CCC(=O)N(CCO)C2)CC1. The van der Waals surface area contributed by atoms with Gasteiger partial charge in [0.05, 0.1) is 6.61 Å². The summed E-state index contributed by atoms with van der Waals surface area (Å²) in [6.07, 6.45) is 5.01. The third-order valence-electron chi connectivity index (χ3n) is 5.51. The normalized spacial score (nSPS) is 20.7. The maximum absolute atomic E-state index is 12.5. The number of likely N-dealkylation sites (tertiary alicyclic amines) is 2. The molecule has 7 heteroatoms. The van der Waals surface area contributed by atoms with Crippen LogP contribution in [0.25, 0.3) is 0 Å². The van der Waals surface area contributed by atoms with Crippen molar-refractivity contribution in [3.63, 3.8) is 0 Å². The molecule has 2 aliphatic heterocycles. The van der Waals surface area contributed by atoms with E-state index in [0.717, 1.165) is 38.0 Å². The molecule has 1 aromatic heterocycles. The molecule has 2 saturated heterocycles. The Morgan fingerprint density at radius 1 is 1.33 bits per heavy atom. The van der Waals surface area contributed by atoms with Gasteiger partial charge in [0.1, 0.15) is 6.54 Å². The summed E-state index contributed by atoms with van der Waals surface area (Å²) < 4.78 is 1.73. The van der Waals surface area contributed by atoms with Crippen LogP contribution in [0.4, 0.5) is 0 Å². The molecule has 0 atom stereocenters. The molecular weight excluding hydrogens is 308 g/mol. The van der Waals surface area contributed by atoms with Gasteiger partial charge in [0.25, 0.3) is 0 Å². The molecule has 2 amide bonds. The summed E-state index contributed by atoms with van der Waals surface area (Å²) >= 11 is 0. The second kappa shape index (κ2) is 6.93. The first kappa shape index (κ1) is 17.0. The number of hydrogen-bond donors (Lipinski definition) is 1. The van der Waals surface area contributed by atoms with Crippen LogP contribution in [0, 0.1) is 12.3 Å². The third-order valence-corrected chi connectivity index (χ3v) is 5.51. The molecule has 3 rings (SSSR count). The zero-order valence-corrected chi connectivity index (χ0v) is 14.3. The molecule has 2 fully saturated rings. The van der Waals surface area contributed by atoms with Crippen molar-refractivity contribution < 1.29 is 14.7 Å². The maximum atomic E-state index is 12.5. The van der Waals surface area contributed by atoms with E-state index in [1.807, 2.05) is 17.9 Å². The van der Waals surface area contributed by atoms with Gasteiger partial charge in [0.2, 0.25) is 11.8 Å². The number of amides is 2. The van der Waals surface area contributed by atoms with Crippen molar-refractivity contribution in [3.05, 3.63) is 18.0 Å². The number of β-amino-alcohol motifs (C(OH)–C–C–N with tert-alkyl or cyclic N) is 1. The van der Waals surface area contributed by atoms with Crippen LogP contribution in [0.15, 0.2) is 12.3 Å². The fourth-order valence-electron chi connectivity index (χ4n) is 3.86. The Morgan fingerprint density at radius 3 is 2.71 bits per heavy atom. The number of hydrogen-bond acceptors (Lipinski definition) is 4. The van der Waals surface area contributed by atoms with Crippen molar-refractivity contribution in [1.29, 1.82) is 0 Å². The van der Waals surface area contributed by atoms with E-state index in [2.05, 4.69) is 5.10 Å². The predicted octanol–water partition coefficient (Wildman–Crippen LogP) is 0.415. The summed E-state index contributed by atoms with van der Waals surface area (Å²) in [5.74, 6) is 0.248. The molecule has 0 unspecified atom stereocenters. The second-order valence-electron chi connectivity index (χ2n) is 7.05. The van der Waals surface area contributed by atoms with Gasteiger partial charge in [-0.05, 0) is 37.7 Å². The van der Waals surface area contributed by atoms with Crippen LogP contribution >= 0.6 is 0 Å². The second-order valence-corrected chi connectivity index (χ2v) is 7.05. The molecule has 1 spiro atoms. The van der Waals surface area contributed by atoms with Crippen LogP contribution in [-0.2, 0) is 16.1 Å². The van der Waals surface area contributed by atoms with E-state index in [9.17, 15) is 9.59 Å². The molecule has 7 nitrogen and oxygen atoms in total. The lowest BCUT2D eigenvalue weighted by Crippen LogP contribution is -2.53. The lowest BCUT2D eigenvalue weighted by molar-refractivity contribution is -0.143. The Bertz CT molecular complexity index is 605. The minimum Gasteiger partial charge on any atom is -0.395 e. The fraction of sp³-hybridized carbons (Fsp3) is 0.706. The topological polar surface area (TPSA) is 78.7 Å². The Hall–Kier alpha value is -1.89. The standard InChI is InChI=1S/C17H26N4O3/c1-14-3-7-18-21(14)12-16(24)19-8-5-17(6-9-19)4-2-15(23)20(13-17)10-11-22/h3,7,22H,2,4-6,8-13H2,1H3. The molecule has 0 aliphatic carbocycles. The Kier molecular flexibility index (Phi) is 4.89. The first-order chi connectivity index (χ1) is 11.5. The molecule has 0 bridgehead atoms. The highest BCUT2D eigenvalue weighted by molar-refractivity contribution is 5.77. The van der Waals surface area contributed by atoms with Gasteiger partial charge in [-0.2, -0.15) is 5.10 Å². The van der Waals surface area contributed by atoms with Gasteiger partial charge < -0.3 is 14.9 Å². The molecule has 2 aliphatic rings. The predicted molar refractivity (Wildman–Crippen MR) is 88.1 cm³/mol. The number of aromatic nitrogens is 2. The number of aliphatic hydroxyl groups excluding tert-OH is 1. The van der Waals surface area contributed by atoms with Crippen molar-refractivity contribution >= 4 is 11.8 Å². The van der Waals surface area contributed by atoms with Gasteiger partial charge in [-0.3, -0.25) is 14.3 Å². The molecule has 0 saturated carbocycles. The van der Waals surface area contributed by atoms with Gasteiger partial charge in [0.15, 0.2) is 0 Å². The van der Waals surface area contributed by atoms with Gasteiger partial charge in [-0.25, -0.2) is 0 Å². The first-order valence-electron chi connectivity index (χ1n) is 8.68. The van der Waals surface area contributed by atoms with Crippen molar-refractivity contribution in [2.24, 2.45) is 5.41 Å². The van der Waals surface area contributed by atoms with E-state index < -0.39 is 0 Å². The smallest absolute Gasteiger partial charge is 0.244 e. The summed E-state index contributed by atoms with van der Waals surface area (Å²) in [6, 6.07) is 1.90. The Morgan fingerprint density at radius 2 is 2.08 bits per heavy atom. The highest BCUT2D eigenvalue weighted by atomic mass is 16.3. The van der Waals surface area contributed by atoms with Crippen LogP contribution in [0.2, 0.25) is 0 Å². The summed E-state index contributed by atoms with van der Waals surface area (Å²) in [4.78, 5) is 28.1. The number of aryl methyl sites for hydroxylation is 1. The van der Waals surface area contributed by atoms with E-state index >= 15 is 0 Å². The number of rotatable bonds is 4. The lowest BCUT2D eigenvalue weighted by Gasteiger charge is -2.47. The fourth-order valence-corrected chi connectivity index (χ4v) is 3.86. The monoisotopic (exact) mass is 334 g/mol. The minimum absolute atomic E-state index is 0.00958. The van der Waals surface area contributed by atoms with Crippen LogP contribution in [0.3, 0.4) is 0 Å². The third kappa shape index (κ3) is 3.45. The molecule has 132 valence electrons. The summed E-state index contributed by atoms with van der Waals surface area (Å²) in [5.41, 5.74) is 1.10. The average molecular weight is 334 g/mol. The van der Waals surface area contributed by atoms with E-state index in [0.29, 0.717) is 26.1 Å². The quantitative estimate of drug-likeness (QED) is 0.865. The number of carbonyl (C=O) groups excluding carboxylic acids is 2. The zero-order valence-electron chi connectivity index (χ0n) is 14.3. The summed E-state index contributed by atoms with van der Waals surface area (Å²) in [5, 5.41) is 13.3. The van der Waals surface area contributed by atoms with Gasteiger partial charge in [0, 0.05) is 44.5 Å². The number of aliphatic hydroxyl groups is 1. The van der Waals surface area contributed by atoms with E-state index in [1.54, 1.807) is 15.8 Å². The largest absolute Gasteiger partial charge is 0.395 e. The lowest BCUT2D eigenvalue weighted by atomic mass is 9.72. The highest BCUT2D eigenvalue weighted by Gasteiger charge is 2.41.